The SMILES string of the molecule is CC1CCCCCN1C(=O)C1CCC(N)CC1. The summed E-state index contributed by atoms with van der Waals surface area (Å²) in [6.45, 7) is 3.18. The lowest BCUT2D eigenvalue weighted by atomic mass is 9.85. The van der Waals surface area contributed by atoms with Gasteiger partial charge in [-0.1, -0.05) is 12.8 Å². The maximum absolute atomic E-state index is 12.5. The van der Waals surface area contributed by atoms with Crippen molar-refractivity contribution in [1.82, 2.24) is 4.90 Å². The van der Waals surface area contributed by atoms with Gasteiger partial charge < -0.3 is 10.6 Å². The van der Waals surface area contributed by atoms with Crippen LogP contribution < -0.4 is 5.73 Å². The first-order valence-electron chi connectivity index (χ1n) is 7.24. The quantitative estimate of drug-likeness (QED) is 0.762. The van der Waals surface area contributed by atoms with Crippen molar-refractivity contribution in [3.05, 3.63) is 0 Å². The molecule has 1 aliphatic carbocycles. The molecular formula is C14H26N2O. The van der Waals surface area contributed by atoms with E-state index in [1.807, 2.05) is 0 Å². The second-order valence-corrected chi connectivity index (χ2v) is 5.84. The molecule has 1 unspecified atom stereocenters. The first-order chi connectivity index (χ1) is 8.18. The predicted octanol–water partition coefficient (Wildman–Crippen LogP) is 2.29. The highest BCUT2D eigenvalue weighted by molar-refractivity contribution is 5.79. The number of nitrogens with two attached hydrogens (primary N) is 1. The van der Waals surface area contributed by atoms with E-state index in [1.54, 1.807) is 0 Å². The molecule has 1 aliphatic heterocycles. The van der Waals surface area contributed by atoms with Gasteiger partial charge in [0.05, 0.1) is 0 Å². The first-order valence-corrected chi connectivity index (χ1v) is 7.24. The molecule has 2 N–H and O–H groups in total. The molecule has 1 atom stereocenters. The highest BCUT2D eigenvalue weighted by atomic mass is 16.2. The molecule has 1 saturated heterocycles. The third-order valence-electron chi connectivity index (χ3n) is 4.46. The maximum Gasteiger partial charge on any atom is 0.225 e. The summed E-state index contributed by atoms with van der Waals surface area (Å²) >= 11 is 0. The topological polar surface area (TPSA) is 46.3 Å². The molecule has 3 nitrogen and oxygen atoms in total. The summed E-state index contributed by atoms with van der Waals surface area (Å²) in [6.07, 6.45) is 8.98. The van der Waals surface area contributed by atoms with E-state index < -0.39 is 0 Å². The van der Waals surface area contributed by atoms with Crippen LogP contribution in [0.1, 0.15) is 58.3 Å². The van der Waals surface area contributed by atoms with Gasteiger partial charge in [-0.2, -0.15) is 0 Å². The number of nitrogens with zero attached hydrogens (tertiary/aromatic N) is 1. The monoisotopic (exact) mass is 238 g/mol. The van der Waals surface area contributed by atoms with Crippen molar-refractivity contribution in [2.24, 2.45) is 11.7 Å². The van der Waals surface area contributed by atoms with E-state index in [9.17, 15) is 4.79 Å². The van der Waals surface area contributed by atoms with Gasteiger partial charge in [-0.05, 0) is 45.4 Å². The highest BCUT2D eigenvalue weighted by Gasteiger charge is 2.30. The van der Waals surface area contributed by atoms with Gasteiger partial charge in [-0.15, -0.1) is 0 Å². The van der Waals surface area contributed by atoms with Crippen molar-refractivity contribution in [2.75, 3.05) is 6.54 Å². The summed E-state index contributed by atoms with van der Waals surface area (Å²) in [5.74, 6) is 0.668. The fourth-order valence-corrected chi connectivity index (χ4v) is 3.20. The van der Waals surface area contributed by atoms with Crippen LogP contribution in [0.4, 0.5) is 0 Å². The Labute approximate surface area is 105 Å². The van der Waals surface area contributed by atoms with Crippen LogP contribution in [0.15, 0.2) is 0 Å². The molecule has 17 heavy (non-hydrogen) atoms. The summed E-state index contributed by atoms with van der Waals surface area (Å²) in [6, 6.07) is 0.779. The average Bonchev–Trinajstić information content (AvgIpc) is 2.54. The zero-order valence-electron chi connectivity index (χ0n) is 11.0. The van der Waals surface area contributed by atoms with E-state index in [-0.39, 0.29) is 5.92 Å². The normalized spacial score (nSPS) is 35.4. The van der Waals surface area contributed by atoms with E-state index in [2.05, 4.69) is 11.8 Å². The number of amides is 1. The Hall–Kier alpha value is -0.570. The van der Waals surface area contributed by atoms with E-state index in [0.717, 1.165) is 32.2 Å². The zero-order chi connectivity index (χ0) is 12.3. The average molecular weight is 238 g/mol. The minimum absolute atomic E-state index is 0.260. The summed E-state index contributed by atoms with van der Waals surface area (Å²) in [7, 11) is 0. The fourth-order valence-electron chi connectivity index (χ4n) is 3.20. The van der Waals surface area contributed by atoms with Gasteiger partial charge in [-0.25, -0.2) is 0 Å². The van der Waals surface area contributed by atoms with Crippen LogP contribution >= 0.6 is 0 Å². The Bertz CT molecular complexity index is 259. The summed E-state index contributed by atoms with van der Waals surface area (Å²) in [4.78, 5) is 14.7. The van der Waals surface area contributed by atoms with E-state index in [0.29, 0.717) is 18.0 Å². The van der Waals surface area contributed by atoms with Crippen LogP contribution in [-0.2, 0) is 4.79 Å². The molecule has 0 bridgehead atoms. The lowest BCUT2D eigenvalue weighted by molar-refractivity contribution is -0.138. The largest absolute Gasteiger partial charge is 0.340 e. The number of likely N-dealkylation sites (tertiary alicyclic amines) is 1. The maximum atomic E-state index is 12.5. The molecule has 1 heterocycles. The Morgan fingerprint density at radius 2 is 1.76 bits per heavy atom. The van der Waals surface area contributed by atoms with Crippen LogP contribution in [0.2, 0.25) is 0 Å². The number of carbonyl (C=O) groups is 1. The first kappa shape index (κ1) is 12.9. The second kappa shape index (κ2) is 5.85. The number of rotatable bonds is 1. The lowest BCUT2D eigenvalue weighted by Crippen LogP contribution is -2.43. The van der Waals surface area contributed by atoms with Gasteiger partial charge in [-0.3, -0.25) is 4.79 Å². The van der Waals surface area contributed by atoms with Crippen molar-refractivity contribution >= 4 is 5.91 Å². The summed E-state index contributed by atoms with van der Waals surface area (Å²) in [5, 5.41) is 0. The Kier molecular flexibility index (Phi) is 4.43. The van der Waals surface area contributed by atoms with Gasteiger partial charge >= 0.3 is 0 Å². The van der Waals surface area contributed by atoms with Crippen molar-refractivity contribution in [1.29, 1.82) is 0 Å². The van der Waals surface area contributed by atoms with Gasteiger partial charge in [0.1, 0.15) is 0 Å². The molecule has 0 aromatic rings. The molecule has 1 amide bonds. The van der Waals surface area contributed by atoms with Gasteiger partial charge in [0.15, 0.2) is 0 Å². The third kappa shape index (κ3) is 3.21. The number of hydrogen-bond acceptors (Lipinski definition) is 2. The number of hydrogen-bond donors (Lipinski definition) is 1. The van der Waals surface area contributed by atoms with Crippen LogP contribution in [0.3, 0.4) is 0 Å². The third-order valence-corrected chi connectivity index (χ3v) is 4.46. The lowest BCUT2D eigenvalue weighted by Gasteiger charge is -2.33. The molecule has 0 spiro atoms. The predicted molar refractivity (Wildman–Crippen MR) is 69.6 cm³/mol. The van der Waals surface area contributed by atoms with Crippen molar-refractivity contribution < 1.29 is 4.79 Å². The fraction of sp³-hybridized carbons (Fsp3) is 0.929. The molecule has 0 aromatic carbocycles. The molecular weight excluding hydrogens is 212 g/mol. The standard InChI is InChI=1S/C14H26N2O/c1-11-5-3-2-4-10-16(11)14(17)12-6-8-13(15)9-7-12/h11-13H,2-10,15H2,1H3. The van der Waals surface area contributed by atoms with Gasteiger partial charge in [0, 0.05) is 24.5 Å². The molecule has 0 aromatic heterocycles. The minimum atomic E-state index is 0.260. The molecule has 98 valence electrons. The Morgan fingerprint density at radius 1 is 1.06 bits per heavy atom. The molecule has 2 aliphatic rings. The highest BCUT2D eigenvalue weighted by Crippen LogP contribution is 2.27. The molecule has 2 fully saturated rings. The Balaban J connectivity index is 1.93. The zero-order valence-corrected chi connectivity index (χ0v) is 11.0. The number of carbonyl (C=O) groups excluding carboxylic acids is 1. The second-order valence-electron chi connectivity index (χ2n) is 5.84. The van der Waals surface area contributed by atoms with E-state index >= 15 is 0 Å². The van der Waals surface area contributed by atoms with Crippen LogP contribution in [0, 0.1) is 5.92 Å². The minimum Gasteiger partial charge on any atom is -0.340 e. The van der Waals surface area contributed by atoms with E-state index in [1.165, 1.54) is 25.7 Å². The van der Waals surface area contributed by atoms with Crippen molar-refractivity contribution in [3.8, 4) is 0 Å². The smallest absolute Gasteiger partial charge is 0.225 e. The summed E-state index contributed by atoms with van der Waals surface area (Å²) < 4.78 is 0. The Morgan fingerprint density at radius 3 is 2.47 bits per heavy atom. The van der Waals surface area contributed by atoms with Crippen LogP contribution in [-0.4, -0.2) is 29.4 Å². The molecule has 0 radical (unpaired) electrons. The van der Waals surface area contributed by atoms with Gasteiger partial charge in [0.25, 0.3) is 0 Å². The summed E-state index contributed by atoms with van der Waals surface area (Å²) in [5.41, 5.74) is 5.90. The van der Waals surface area contributed by atoms with Crippen LogP contribution in [0.5, 0.6) is 0 Å². The van der Waals surface area contributed by atoms with E-state index in [4.69, 9.17) is 5.73 Å². The van der Waals surface area contributed by atoms with Gasteiger partial charge in [0.2, 0.25) is 5.91 Å². The van der Waals surface area contributed by atoms with Crippen LogP contribution in [0.25, 0.3) is 0 Å². The van der Waals surface area contributed by atoms with Crippen molar-refractivity contribution in [2.45, 2.75) is 70.4 Å². The molecule has 1 saturated carbocycles. The molecule has 3 heteroatoms. The van der Waals surface area contributed by atoms with Crippen molar-refractivity contribution in [3.63, 3.8) is 0 Å². The molecule has 2 rings (SSSR count).